The van der Waals surface area contributed by atoms with E-state index >= 15 is 0 Å². The predicted molar refractivity (Wildman–Crippen MR) is 163 cm³/mol. The number of rotatable bonds is 12. The lowest BCUT2D eigenvalue weighted by Gasteiger charge is -2.24. The van der Waals surface area contributed by atoms with Crippen molar-refractivity contribution >= 4 is 23.0 Å². The molecule has 228 valence electrons. The standard InChI is InChI=1S/C30H42F2N8O2/c1-19-9-10-21(14-27(19)40(34)18-25(33)24-16-35-39(7)20(24)2)29(41)36-26-15-23(30(3,31)32)13-22(28(26)42-8)17-38(6)12-11-37(4)5/h9-10,13-16,18H,11-12,17,33-34H2,1-8H3,(H,36,41)/b25-18-. The maximum atomic E-state index is 14.5. The van der Waals surface area contributed by atoms with Crippen molar-refractivity contribution < 1.29 is 18.3 Å². The summed E-state index contributed by atoms with van der Waals surface area (Å²) in [5.74, 6) is 3.03. The number of likely N-dealkylation sites (N-methyl/N-ethyl adjacent to an activating group) is 2. The van der Waals surface area contributed by atoms with Crippen LogP contribution in [0.15, 0.2) is 42.7 Å². The molecule has 1 heterocycles. The van der Waals surface area contributed by atoms with Crippen LogP contribution < -0.4 is 26.6 Å². The minimum Gasteiger partial charge on any atom is -0.494 e. The molecule has 1 amide bonds. The normalized spacial score (nSPS) is 12.3. The van der Waals surface area contributed by atoms with Crippen molar-refractivity contribution in [3.05, 3.63) is 76.2 Å². The number of ether oxygens (including phenoxy) is 1. The summed E-state index contributed by atoms with van der Waals surface area (Å²) in [5.41, 5.74) is 10.4. The lowest BCUT2D eigenvalue weighted by molar-refractivity contribution is 0.0173. The zero-order chi connectivity index (χ0) is 31.4. The Morgan fingerprint density at radius 2 is 1.86 bits per heavy atom. The molecule has 10 nitrogen and oxygen atoms in total. The molecule has 2 aromatic carbocycles. The molecule has 0 unspecified atom stereocenters. The molecule has 0 saturated carbocycles. The van der Waals surface area contributed by atoms with E-state index in [0.29, 0.717) is 35.8 Å². The Kier molecular flexibility index (Phi) is 10.3. The highest BCUT2D eigenvalue weighted by molar-refractivity contribution is 6.06. The third-order valence-corrected chi connectivity index (χ3v) is 7.07. The summed E-state index contributed by atoms with van der Waals surface area (Å²) in [6.07, 6.45) is 3.21. The van der Waals surface area contributed by atoms with Gasteiger partial charge in [0.2, 0.25) is 0 Å². The van der Waals surface area contributed by atoms with Crippen molar-refractivity contribution in [3.8, 4) is 5.75 Å². The van der Waals surface area contributed by atoms with Crippen LogP contribution in [0.4, 0.5) is 20.2 Å². The van der Waals surface area contributed by atoms with Crippen molar-refractivity contribution in [1.82, 2.24) is 19.6 Å². The molecule has 0 aliphatic rings. The van der Waals surface area contributed by atoms with Gasteiger partial charge in [-0.1, -0.05) is 6.07 Å². The first-order valence-corrected chi connectivity index (χ1v) is 13.5. The van der Waals surface area contributed by atoms with Crippen molar-refractivity contribution in [1.29, 1.82) is 0 Å². The summed E-state index contributed by atoms with van der Waals surface area (Å²) >= 11 is 0. The molecule has 1 aromatic heterocycles. The summed E-state index contributed by atoms with van der Waals surface area (Å²) < 4.78 is 36.4. The zero-order valence-electron chi connectivity index (χ0n) is 25.6. The number of hydrazine groups is 1. The van der Waals surface area contributed by atoms with Gasteiger partial charge in [0.05, 0.1) is 30.4 Å². The monoisotopic (exact) mass is 584 g/mol. The molecule has 0 aliphatic heterocycles. The molecule has 0 bridgehead atoms. The third-order valence-electron chi connectivity index (χ3n) is 7.07. The highest BCUT2D eigenvalue weighted by atomic mass is 19.3. The van der Waals surface area contributed by atoms with E-state index in [0.717, 1.165) is 30.3 Å². The van der Waals surface area contributed by atoms with E-state index in [9.17, 15) is 13.6 Å². The molecule has 3 aromatic rings. The second kappa shape index (κ2) is 13.3. The number of aromatic nitrogens is 2. The van der Waals surface area contributed by atoms with Gasteiger partial charge in [0, 0.05) is 67.8 Å². The summed E-state index contributed by atoms with van der Waals surface area (Å²) in [7, 11) is 9.11. The van der Waals surface area contributed by atoms with Gasteiger partial charge < -0.3 is 25.6 Å². The Morgan fingerprint density at radius 1 is 1.17 bits per heavy atom. The van der Waals surface area contributed by atoms with Crippen LogP contribution in [0.2, 0.25) is 0 Å². The average Bonchev–Trinajstić information content (AvgIpc) is 3.24. The highest BCUT2D eigenvalue weighted by Crippen LogP contribution is 2.38. The Hall–Kier alpha value is -4.00. The zero-order valence-corrected chi connectivity index (χ0v) is 25.6. The SMILES string of the molecule is COc1c(CN(C)CCN(C)C)cc(C(C)(F)F)cc1NC(=O)c1ccc(C)c(N(N)/C=C(\N)c2cnn(C)c2C)c1. The van der Waals surface area contributed by atoms with Gasteiger partial charge in [0.25, 0.3) is 11.8 Å². The number of hydrogen-bond donors (Lipinski definition) is 3. The maximum Gasteiger partial charge on any atom is 0.270 e. The van der Waals surface area contributed by atoms with Crippen LogP contribution in [0.3, 0.4) is 0 Å². The molecule has 42 heavy (non-hydrogen) atoms. The van der Waals surface area contributed by atoms with Gasteiger partial charge in [0.1, 0.15) is 5.75 Å². The van der Waals surface area contributed by atoms with Gasteiger partial charge in [-0.05, 0) is 64.8 Å². The molecule has 0 atom stereocenters. The van der Waals surface area contributed by atoms with E-state index in [-0.39, 0.29) is 16.8 Å². The number of carbonyl (C=O) groups is 1. The molecule has 0 fully saturated rings. The minimum absolute atomic E-state index is 0.153. The van der Waals surface area contributed by atoms with Gasteiger partial charge in [-0.15, -0.1) is 0 Å². The van der Waals surface area contributed by atoms with Gasteiger partial charge in [-0.25, -0.2) is 14.6 Å². The van der Waals surface area contributed by atoms with Crippen molar-refractivity contribution in [2.24, 2.45) is 18.6 Å². The van der Waals surface area contributed by atoms with Crippen LogP contribution in [0.25, 0.3) is 5.70 Å². The molecule has 3 rings (SSSR count). The molecule has 0 saturated heterocycles. The quantitative estimate of drug-likeness (QED) is 0.216. The van der Waals surface area contributed by atoms with Gasteiger partial charge in [-0.3, -0.25) is 14.5 Å². The van der Waals surface area contributed by atoms with Crippen LogP contribution in [0.5, 0.6) is 5.75 Å². The fraction of sp³-hybridized carbons (Fsp3) is 0.400. The maximum absolute atomic E-state index is 14.5. The molecule has 0 aliphatic carbocycles. The van der Waals surface area contributed by atoms with Crippen LogP contribution in [-0.4, -0.2) is 66.8 Å². The van der Waals surface area contributed by atoms with Crippen LogP contribution in [0.1, 0.15) is 45.2 Å². The first kappa shape index (κ1) is 32.5. The lowest BCUT2D eigenvalue weighted by Crippen LogP contribution is -2.28. The number of anilines is 2. The van der Waals surface area contributed by atoms with Crippen LogP contribution >= 0.6 is 0 Å². The fourth-order valence-electron chi connectivity index (χ4n) is 4.43. The third kappa shape index (κ3) is 7.84. The Bertz CT molecular complexity index is 1450. The van der Waals surface area contributed by atoms with E-state index in [2.05, 4.69) is 10.4 Å². The Labute approximate surface area is 246 Å². The lowest BCUT2D eigenvalue weighted by atomic mass is 10.0. The highest BCUT2D eigenvalue weighted by Gasteiger charge is 2.28. The van der Waals surface area contributed by atoms with E-state index in [1.807, 2.05) is 51.8 Å². The summed E-state index contributed by atoms with van der Waals surface area (Å²) in [4.78, 5) is 17.5. The van der Waals surface area contributed by atoms with E-state index in [4.69, 9.17) is 16.3 Å². The van der Waals surface area contributed by atoms with E-state index < -0.39 is 11.8 Å². The number of halogens is 2. The number of nitrogens with one attached hydrogen (secondary N) is 1. The summed E-state index contributed by atoms with van der Waals surface area (Å²) in [5, 5.41) is 8.33. The molecular weight excluding hydrogens is 542 g/mol. The molecular formula is C30H42F2N8O2. The number of alkyl halides is 2. The molecule has 12 heteroatoms. The van der Waals surface area contributed by atoms with Gasteiger partial charge in [0.15, 0.2) is 0 Å². The molecule has 0 radical (unpaired) electrons. The topological polar surface area (TPSA) is 118 Å². The first-order valence-electron chi connectivity index (χ1n) is 13.5. The largest absolute Gasteiger partial charge is 0.494 e. The number of carbonyl (C=O) groups excluding carboxylic acids is 1. The van der Waals surface area contributed by atoms with Crippen molar-refractivity contribution in [3.63, 3.8) is 0 Å². The molecule has 5 N–H and O–H groups in total. The fourth-order valence-corrected chi connectivity index (χ4v) is 4.43. The number of nitrogens with zero attached hydrogens (tertiary/aromatic N) is 5. The van der Waals surface area contributed by atoms with Crippen LogP contribution in [0, 0.1) is 13.8 Å². The number of aryl methyl sites for hydroxylation is 2. The number of nitrogens with two attached hydrogens (primary N) is 2. The van der Waals surface area contributed by atoms with E-state index in [1.165, 1.54) is 24.3 Å². The van der Waals surface area contributed by atoms with Crippen molar-refractivity contribution in [2.45, 2.75) is 33.2 Å². The van der Waals surface area contributed by atoms with Gasteiger partial charge >= 0.3 is 0 Å². The number of amides is 1. The second-order valence-electron chi connectivity index (χ2n) is 10.9. The Morgan fingerprint density at radius 3 is 2.43 bits per heavy atom. The smallest absolute Gasteiger partial charge is 0.270 e. The van der Waals surface area contributed by atoms with Crippen molar-refractivity contribution in [2.75, 3.05) is 51.7 Å². The van der Waals surface area contributed by atoms with E-state index in [1.54, 1.807) is 35.3 Å². The minimum atomic E-state index is -3.13. The number of benzene rings is 2. The summed E-state index contributed by atoms with van der Waals surface area (Å²) in [6, 6.07) is 7.69. The Balaban J connectivity index is 1.94. The number of hydrogen-bond acceptors (Lipinski definition) is 8. The van der Waals surface area contributed by atoms with Crippen LogP contribution in [-0.2, 0) is 19.5 Å². The number of methoxy groups -OCH3 is 1. The second-order valence-corrected chi connectivity index (χ2v) is 10.9. The predicted octanol–water partition coefficient (Wildman–Crippen LogP) is 4.04. The molecule has 0 spiro atoms. The summed E-state index contributed by atoms with van der Waals surface area (Å²) in [6.45, 7) is 6.43. The van der Waals surface area contributed by atoms with Gasteiger partial charge in [-0.2, -0.15) is 5.10 Å². The first-order chi connectivity index (χ1) is 19.6. The average molecular weight is 585 g/mol.